The molecule has 1 aromatic carbocycles. The van der Waals surface area contributed by atoms with Gasteiger partial charge in [-0.15, -0.1) is 0 Å². The van der Waals surface area contributed by atoms with Crippen LogP contribution in [0.4, 0.5) is 10.1 Å². The van der Waals surface area contributed by atoms with E-state index < -0.39 is 0 Å². The minimum absolute atomic E-state index is 0.0117. The number of benzene rings is 1. The summed E-state index contributed by atoms with van der Waals surface area (Å²) >= 11 is 5.83. The third-order valence-corrected chi connectivity index (χ3v) is 3.32. The van der Waals surface area contributed by atoms with Gasteiger partial charge in [-0.1, -0.05) is 11.6 Å². The Balaban J connectivity index is 1.99. The summed E-state index contributed by atoms with van der Waals surface area (Å²) in [5.74, 6) is -0.275. The molecule has 1 heterocycles. The maximum absolute atomic E-state index is 13.2. The van der Waals surface area contributed by atoms with Crippen molar-refractivity contribution in [1.82, 2.24) is 9.97 Å². The Morgan fingerprint density at radius 1 is 1.48 bits per heavy atom. The molecule has 8 heteroatoms. The van der Waals surface area contributed by atoms with E-state index >= 15 is 0 Å². The van der Waals surface area contributed by atoms with Crippen LogP contribution in [-0.4, -0.2) is 16.6 Å². The molecular weight excluding hydrogens is 321 g/mol. The highest BCUT2D eigenvalue weighted by Gasteiger charge is 2.04. The van der Waals surface area contributed by atoms with E-state index in [1.807, 2.05) is 0 Å². The van der Waals surface area contributed by atoms with Crippen LogP contribution < -0.4 is 10.1 Å². The largest absolute Gasteiger partial charge is 0.457 e. The summed E-state index contributed by atoms with van der Waals surface area (Å²) in [6.07, 6.45) is 2.95. The second kappa shape index (κ2) is 7.64. The summed E-state index contributed by atoms with van der Waals surface area (Å²) in [6, 6.07) is 4.76. The Bertz CT molecular complexity index is 751. The van der Waals surface area contributed by atoms with Crippen molar-refractivity contribution in [2.75, 3.05) is 11.9 Å². The predicted octanol–water partition coefficient (Wildman–Crippen LogP) is 4.25. The summed E-state index contributed by atoms with van der Waals surface area (Å²) in [5.41, 5.74) is 9.29. The Morgan fingerprint density at radius 2 is 2.26 bits per heavy atom. The van der Waals surface area contributed by atoms with Gasteiger partial charge in [0.05, 0.1) is 16.9 Å². The lowest BCUT2D eigenvalue weighted by molar-refractivity contribution is 0.319. The van der Waals surface area contributed by atoms with Gasteiger partial charge in [-0.05, 0) is 37.6 Å². The van der Waals surface area contributed by atoms with Crippen LogP contribution in [0.3, 0.4) is 0 Å². The van der Waals surface area contributed by atoms with Crippen molar-refractivity contribution >= 4 is 17.3 Å². The van der Waals surface area contributed by atoms with Crippen molar-refractivity contribution in [3.8, 4) is 6.01 Å². The summed E-state index contributed by atoms with van der Waals surface area (Å²) in [7, 11) is 0. The van der Waals surface area contributed by atoms with E-state index in [1.165, 1.54) is 18.5 Å². The number of aryl methyl sites for hydroxylation is 2. The maximum Gasteiger partial charge on any atom is 0.317 e. The van der Waals surface area contributed by atoms with Gasteiger partial charge in [0.2, 0.25) is 0 Å². The van der Waals surface area contributed by atoms with Crippen molar-refractivity contribution in [2.24, 2.45) is 5.11 Å². The SMILES string of the molecule is Cc1cc(N/C=C(/COc2ncc(Cl)c(C)n2)N=N)ccc1F. The molecule has 0 saturated carbocycles. The molecule has 120 valence electrons. The molecule has 2 rings (SSSR count). The molecule has 2 aromatic rings. The number of aromatic nitrogens is 2. The van der Waals surface area contributed by atoms with Crippen LogP contribution in [0.15, 0.2) is 41.4 Å². The van der Waals surface area contributed by atoms with Crippen molar-refractivity contribution in [3.63, 3.8) is 0 Å². The summed E-state index contributed by atoms with van der Waals surface area (Å²) < 4.78 is 18.6. The van der Waals surface area contributed by atoms with E-state index in [9.17, 15) is 4.39 Å². The number of hydrogen-bond donors (Lipinski definition) is 2. The summed E-state index contributed by atoms with van der Waals surface area (Å²) in [4.78, 5) is 7.99. The normalized spacial score (nSPS) is 11.2. The minimum Gasteiger partial charge on any atom is -0.457 e. The lowest BCUT2D eigenvalue weighted by atomic mass is 10.2. The minimum atomic E-state index is -0.275. The fourth-order valence-electron chi connectivity index (χ4n) is 1.65. The zero-order valence-corrected chi connectivity index (χ0v) is 13.4. The number of nitrogens with zero attached hydrogens (tertiary/aromatic N) is 3. The molecule has 0 radical (unpaired) electrons. The van der Waals surface area contributed by atoms with Gasteiger partial charge in [-0.2, -0.15) is 10.1 Å². The number of rotatable bonds is 6. The molecule has 0 atom stereocenters. The van der Waals surface area contributed by atoms with E-state index in [1.54, 1.807) is 26.0 Å². The van der Waals surface area contributed by atoms with E-state index in [0.29, 0.717) is 27.7 Å². The molecule has 23 heavy (non-hydrogen) atoms. The van der Waals surface area contributed by atoms with Gasteiger partial charge in [-0.3, -0.25) is 0 Å². The van der Waals surface area contributed by atoms with Gasteiger partial charge < -0.3 is 10.1 Å². The van der Waals surface area contributed by atoms with Gasteiger partial charge in [0, 0.05) is 11.9 Å². The summed E-state index contributed by atoms with van der Waals surface area (Å²) in [6.45, 7) is 3.42. The molecule has 0 bridgehead atoms. The third-order valence-electron chi connectivity index (χ3n) is 2.95. The Hall–Kier alpha value is -2.54. The van der Waals surface area contributed by atoms with E-state index in [-0.39, 0.29) is 18.4 Å². The second-order valence-corrected chi connectivity index (χ2v) is 5.14. The fraction of sp³-hybridized carbons (Fsp3) is 0.200. The first-order valence-corrected chi connectivity index (χ1v) is 7.08. The molecule has 0 aliphatic carbocycles. The van der Waals surface area contributed by atoms with Crippen LogP contribution in [0.2, 0.25) is 5.02 Å². The number of halogens is 2. The van der Waals surface area contributed by atoms with Gasteiger partial charge in [0.25, 0.3) is 0 Å². The van der Waals surface area contributed by atoms with Crippen molar-refractivity contribution in [1.29, 1.82) is 5.53 Å². The second-order valence-electron chi connectivity index (χ2n) is 4.73. The first-order valence-electron chi connectivity index (χ1n) is 6.70. The van der Waals surface area contributed by atoms with Crippen LogP contribution in [0, 0.1) is 25.2 Å². The highest BCUT2D eigenvalue weighted by molar-refractivity contribution is 6.31. The molecule has 0 aliphatic heterocycles. The number of ether oxygens (including phenoxy) is 1. The van der Waals surface area contributed by atoms with Crippen molar-refractivity contribution in [2.45, 2.75) is 13.8 Å². The predicted molar refractivity (Wildman–Crippen MR) is 85.3 cm³/mol. The van der Waals surface area contributed by atoms with Gasteiger partial charge in [-0.25, -0.2) is 14.9 Å². The number of hydrogen-bond acceptors (Lipinski definition) is 6. The van der Waals surface area contributed by atoms with Crippen molar-refractivity contribution < 1.29 is 9.13 Å². The molecule has 2 N–H and O–H groups in total. The topological polar surface area (TPSA) is 83.2 Å². The quantitative estimate of drug-likeness (QED) is 0.773. The van der Waals surface area contributed by atoms with Crippen molar-refractivity contribution in [3.05, 3.63) is 58.4 Å². The van der Waals surface area contributed by atoms with Crippen LogP contribution in [0.1, 0.15) is 11.3 Å². The maximum atomic E-state index is 13.2. The van der Waals surface area contributed by atoms with Gasteiger partial charge in [0.15, 0.2) is 0 Å². The average molecular weight is 336 g/mol. The lowest BCUT2D eigenvalue weighted by Crippen LogP contribution is -2.05. The first kappa shape index (κ1) is 16.8. The van der Waals surface area contributed by atoms with E-state index in [2.05, 4.69) is 20.4 Å². The smallest absolute Gasteiger partial charge is 0.317 e. The zero-order valence-electron chi connectivity index (χ0n) is 12.6. The number of nitrogens with one attached hydrogen (secondary N) is 2. The Morgan fingerprint density at radius 3 is 2.91 bits per heavy atom. The molecule has 1 aromatic heterocycles. The van der Waals surface area contributed by atoms with Gasteiger partial charge in [0.1, 0.15) is 18.1 Å². The van der Waals surface area contributed by atoms with E-state index in [0.717, 1.165) is 0 Å². The highest BCUT2D eigenvalue weighted by Crippen LogP contribution is 2.16. The standard InChI is InChI=1S/C15H15ClFN5O/c1-9-5-11(3-4-14(9)17)19-6-12(22-18)8-23-15-20-7-13(16)10(2)21-15/h3-7,18-19H,8H2,1-2H3/b12-6-,22-18?. The van der Waals surface area contributed by atoms with Crippen LogP contribution in [0.25, 0.3) is 0 Å². The van der Waals surface area contributed by atoms with E-state index in [4.69, 9.17) is 21.9 Å². The lowest BCUT2D eigenvalue weighted by Gasteiger charge is -2.07. The summed E-state index contributed by atoms with van der Waals surface area (Å²) in [5, 5.41) is 6.75. The van der Waals surface area contributed by atoms with Crippen LogP contribution in [-0.2, 0) is 0 Å². The Labute approximate surface area is 137 Å². The molecule has 0 aliphatic rings. The average Bonchev–Trinajstić information content (AvgIpc) is 2.54. The molecular formula is C15H15ClFN5O. The first-order chi connectivity index (χ1) is 11.0. The van der Waals surface area contributed by atoms with Crippen LogP contribution >= 0.6 is 11.6 Å². The van der Waals surface area contributed by atoms with Gasteiger partial charge >= 0.3 is 6.01 Å². The molecule has 0 saturated heterocycles. The molecule has 0 amide bonds. The number of anilines is 1. The molecule has 0 fully saturated rings. The molecule has 0 unspecified atom stereocenters. The molecule has 0 spiro atoms. The monoisotopic (exact) mass is 335 g/mol. The zero-order chi connectivity index (χ0) is 16.8. The van der Waals surface area contributed by atoms with Crippen LogP contribution in [0.5, 0.6) is 6.01 Å². The molecule has 6 nitrogen and oxygen atoms in total. The third kappa shape index (κ3) is 4.72. The Kier molecular flexibility index (Phi) is 5.59. The highest BCUT2D eigenvalue weighted by atomic mass is 35.5. The fourth-order valence-corrected chi connectivity index (χ4v) is 1.74.